The van der Waals surface area contributed by atoms with E-state index >= 15 is 0 Å². The molecule has 0 saturated heterocycles. The minimum Gasteiger partial charge on any atom is -0.449 e. The van der Waals surface area contributed by atoms with Gasteiger partial charge in [0.15, 0.2) is 0 Å². The van der Waals surface area contributed by atoms with Crippen molar-refractivity contribution < 1.29 is 9.53 Å². The summed E-state index contributed by atoms with van der Waals surface area (Å²) in [5.74, 6) is 0. The van der Waals surface area contributed by atoms with Crippen LogP contribution in [0.2, 0.25) is 0 Å². The number of hydrazone groups is 1. The fraction of sp³-hybridized carbons (Fsp3) is 0.500. The number of thiazole rings is 1. The summed E-state index contributed by atoms with van der Waals surface area (Å²) in [6, 6.07) is 0. The third kappa shape index (κ3) is 3.30. The Morgan fingerprint density at radius 1 is 1.56 bits per heavy atom. The quantitative estimate of drug-likeness (QED) is 0.652. The van der Waals surface area contributed by atoms with Crippen LogP contribution in [-0.2, 0) is 4.74 Å². The van der Waals surface area contributed by atoms with Crippen LogP contribution in [0.15, 0.2) is 5.10 Å². The normalized spacial score (nSPS) is 11.4. The maximum Gasteiger partial charge on any atom is 0.427 e. The third-order valence-corrected chi connectivity index (χ3v) is 3.00. The Morgan fingerprint density at radius 3 is 2.75 bits per heavy atom. The number of hydrogen-bond donors (Lipinski definition) is 1. The highest BCUT2D eigenvalue weighted by molar-refractivity contribution is 7.13. The second kappa shape index (κ2) is 5.60. The van der Waals surface area contributed by atoms with Crippen molar-refractivity contribution in [3.63, 3.8) is 0 Å². The first kappa shape index (κ1) is 12.6. The van der Waals surface area contributed by atoms with Crippen molar-refractivity contribution in [2.45, 2.75) is 27.7 Å². The number of rotatable bonds is 3. The molecule has 0 saturated carbocycles. The van der Waals surface area contributed by atoms with Gasteiger partial charge in [-0.2, -0.15) is 5.10 Å². The summed E-state index contributed by atoms with van der Waals surface area (Å²) in [5, 5.41) is 4.93. The van der Waals surface area contributed by atoms with E-state index in [1.54, 1.807) is 18.3 Å². The molecule has 1 rings (SSSR count). The molecule has 1 heterocycles. The van der Waals surface area contributed by atoms with E-state index in [2.05, 4.69) is 15.5 Å². The van der Waals surface area contributed by atoms with Crippen molar-refractivity contribution in [2.24, 2.45) is 5.10 Å². The number of hydrogen-bond acceptors (Lipinski definition) is 5. The maximum atomic E-state index is 11.0. The minimum atomic E-state index is -0.541. The molecule has 1 aromatic rings. The number of nitrogens with one attached hydrogen (secondary N) is 1. The number of carbonyl (C=O) groups is 1. The summed E-state index contributed by atoms with van der Waals surface area (Å²) in [5.41, 5.74) is 3.98. The van der Waals surface area contributed by atoms with Crippen LogP contribution in [0.5, 0.6) is 0 Å². The number of aryl methyl sites for hydroxylation is 2. The molecule has 0 radical (unpaired) electrons. The second-order valence-corrected chi connectivity index (χ2v) is 4.38. The molecule has 6 heteroatoms. The van der Waals surface area contributed by atoms with Gasteiger partial charge < -0.3 is 4.74 Å². The number of carbonyl (C=O) groups excluding carboxylic acids is 1. The standard InChI is InChI=1S/C10H15N3O2S/c1-5-15-10(14)13-12-7(3)9-6(2)11-8(4)16-9/h5H2,1-4H3,(H,13,14). The molecule has 16 heavy (non-hydrogen) atoms. The molecule has 0 fully saturated rings. The molecular formula is C10H15N3O2S. The second-order valence-electron chi connectivity index (χ2n) is 3.18. The maximum absolute atomic E-state index is 11.0. The van der Waals surface area contributed by atoms with Crippen LogP contribution < -0.4 is 5.43 Å². The van der Waals surface area contributed by atoms with Gasteiger partial charge in [-0.05, 0) is 27.7 Å². The molecule has 0 spiro atoms. The molecular weight excluding hydrogens is 226 g/mol. The van der Waals surface area contributed by atoms with Crippen LogP contribution in [0.25, 0.3) is 0 Å². The number of nitrogens with zero attached hydrogens (tertiary/aromatic N) is 2. The zero-order valence-electron chi connectivity index (χ0n) is 9.83. The van der Waals surface area contributed by atoms with E-state index in [1.807, 2.05) is 20.8 Å². The lowest BCUT2D eigenvalue weighted by molar-refractivity contribution is 0.152. The predicted octanol–water partition coefficient (Wildman–Crippen LogP) is 2.23. The van der Waals surface area contributed by atoms with Gasteiger partial charge in [0.25, 0.3) is 0 Å². The SMILES string of the molecule is CCOC(=O)NN=C(C)c1sc(C)nc1C. The average Bonchev–Trinajstić information content (AvgIpc) is 2.55. The van der Waals surface area contributed by atoms with E-state index in [0.717, 1.165) is 21.3 Å². The van der Waals surface area contributed by atoms with E-state index in [4.69, 9.17) is 4.74 Å². The van der Waals surface area contributed by atoms with Crippen molar-refractivity contribution in [1.29, 1.82) is 0 Å². The van der Waals surface area contributed by atoms with Crippen LogP contribution in [-0.4, -0.2) is 23.4 Å². The van der Waals surface area contributed by atoms with E-state index in [9.17, 15) is 4.79 Å². The van der Waals surface area contributed by atoms with Crippen molar-refractivity contribution in [1.82, 2.24) is 10.4 Å². The van der Waals surface area contributed by atoms with E-state index in [-0.39, 0.29) is 0 Å². The largest absolute Gasteiger partial charge is 0.449 e. The van der Waals surface area contributed by atoms with Gasteiger partial charge in [-0.25, -0.2) is 15.2 Å². The van der Waals surface area contributed by atoms with Gasteiger partial charge in [-0.15, -0.1) is 11.3 Å². The lowest BCUT2D eigenvalue weighted by Gasteiger charge is -2.01. The molecule has 0 aliphatic rings. The van der Waals surface area contributed by atoms with E-state index in [1.165, 1.54) is 0 Å². The summed E-state index contributed by atoms with van der Waals surface area (Å²) in [4.78, 5) is 16.3. The van der Waals surface area contributed by atoms with Crippen LogP contribution >= 0.6 is 11.3 Å². The van der Waals surface area contributed by atoms with Crippen molar-refractivity contribution in [3.8, 4) is 0 Å². The highest BCUT2D eigenvalue weighted by atomic mass is 32.1. The minimum absolute atomic E-state index is 0.332. The third-order valence-electron chi connectivity index (χ3n) is 1.82. The lowest BCUT2D eigenvalue weighted by Crippen LogP contribution is -2.20. The van der Waals surface area contributed by atoms with Gasteiger partial charge in [0.2, 0.25) is 0 Å². The highest BCUT2D eigenvalue weighted by Crippen LogP contribution is 2.17. The molecule has 0 aliphatic heterocycles. The Balaban J connectivity index is 2.70. The number of aromatic nitrogens is 1. The monoisotopic (exact) mass is 241 g/mol. The summed E-state index contributed by atoms with van der Waals surface area (Å²) in [6.45, 7) is 7.76. The molecule has 0 aliphatic carbocycles. The molecule has 5 nitrogen and oxygen atoms in total. The molecule has 0 unspecified atom stereocenters. The van der Waals surface area contributed by atoms with Crippen LogP contribution in [0.3, 0.4) is 0 Å². The molecule has 0 atom stereocenters. The zero-order chi connectivity index (χ0) is 12.1. The van der Waals surface area contributed by atoms with Gasteiger partial charge in [-0.3, -0.25) is 0 Å². The molecule has 1 N–H and O–H groups in total. The van der Waals surface area contributed by atoms with Gasteiger partial charge in [-0.1, -0.05) is 0 Å². The molecule has 88 valence electrons. The Morgan fingerprint density at radius 2 is 2.25 bits per heavy atom. The predicted molar refractivity (Wildman–Crippen MR) is 64.0 cm³/mol. The molecule has 0 bridgehead atoms. The first-order chi connectivity index (χ1) is 7.54. The Bertz CT molecular complexity index is 412. The number of ether oxygens (including phenoxy) is 1. The van der Waals surface area contributed by atoms with Gasteiger partial charge >= 0.3 is 6.09 Å². The summed E-state index contributed by atoms with van der Waals surface area (Å²) >= 11 is 1.55. The molecule has 1 aromatic heterocycles. The summed E-state index contributed by atoms with van der Waals surface area (Å²) in [7, 11) is 0. The number of amides is 1. The van der Waals surface area contributed by atoms with E-state index in [0.29, 0.717) is 6.61 Å². The highest BCUT2D eigenvalue weighted by Gasteiger charge is 2.08. The first-order valence-electron chi connectivity index (χ1n) is 4.96. The fourth-order valence-corrected chi connectivity index (χ4v) is 2.08. The summed E-state index contributed by atoms with van der Waals surface area (Å²) < 4.78 is 4.69. The van der Waals surface area contributed by atoms with Crippen molar-refractivity contribution in [2.75, 3.05) is 6.61 Å². The van der Waals surface area contributed by atoms with E-state index < -0.39 is 6.09 Å². The Hall–Kier alpha value is -1.43. The molecule has 1 amide bonds. The Labute approximate surface area is 98.5 Å². The lowest BCUT2D eigenvalue weighted by atomic mass is 10.3. The Kier molecular flexibility index (Phi) is 4.42. The van der Waals surface area contributed by atoms with Crippen LogP contribution in [0, 0.1) is 13.8 Å². The zero-order valence-corrected chi connectivity index (χ0v) is 10.6. The topological polar surface area (TPSA) is 63.6 Å². The van der Waals surface area contributed by atoms with Crippen molar-refractivity contribution >= 4 is 23.1 Å². The fourth-order valence-electron chi connectivity index (χ4n) is 1.21. The van der Waals surface area contributed by atoms with Crippen molar-refractivity contribution in [3.05, 3.63) is 15.6 Å². The van der Waals surface area contributed by atoms with Gasteiger partial charge in [0.1, 0.15) is 0 Å². The average molecular weight is 241 g/mol. The first-order valence-corrected chi connectivity index (χ1v) is 5.77. The summed E-state index contributed by atoms with van der Waals surface area (Å²) in [6.07, 6.45) is -0.541. The van der Waals surface area contributed by atoms with Gasteiger partial charge in [0.05, 0.1) is 27.9 Å². The smallest absolute Gasteiger partial charge is 0.427 e. The van der Waals surface area contributed by atoms with Crippen LogP contribution in [0.1, 0.15) is 29.4 Å². The van der Waals surface area contributed by atoms with Crippen LogP contribution in [0.4, 0.5) is 4.79 Å². The molecule has 0 aromatic carbocycles. The van der Waals surface area contributed by atoms with Gasteiger partial charge in [0, 0.05) is 0 Å².